The van der Waals surface area contributed by atoms with Crippen molar-refractivity contribution >= 4 is 39.1 Å². The molecule has 2 fully saturated rings. The van der Waals surface area contributed by atoms with Crippen molar-refractivity contribution in [1.29, 1.82) is 0 Å². The zero-order valence-electron chi connectivity index (χ0n) is 22.5. The number of amides is 1. The van der Waals surface area contributed by atoms with E-state index in [1.807, 2.05) is 6.07 Å². The molecule has 0 bridgehead atoms. The van der Waals surface area contributed by atoms with Crippen molar-refractivity contribution in [3.63, 3.8) is 0 Å². The van der Waals surface area contributed by atoms with Crippen LogP contribution < -0.4 is 20.3 Å². The standard InChI is InChI=1S/C28H32FN7O3/c1-16-12-36(13-17(2)31-16)23-6-5-20(25-21(23)11-30-27(33-25)39-15-28(38-4)7-8-28)26(37)32-19-9-18-14-35(3)34-24(18)22(29)10-19/h5-6,9-11,14,16-17,31H,7-8,12-13,15H2,1-4H3,(H,32,37)/t16-,17+. The lowest BCUT2D eigenvalue weighted by atomic mass is 10.0. The Morgan fingerprint density at radius 3 is 2.69 bits per heavy atom. The van der Waals surface area contributed by atoms with E-state index < -0.39 is 11.7 Å². The number of hydrogen-bond acceptors (Lipinski definition) is 8. The lowest BCUT2D eigenvalue weighted by Crippen LogP contribution is -2.54. The average Bonchev–Trinajstić information content (AvgIpc) is 3.58. The summed E-state index contributed by atoms with van der Waals surface area (Å²) in [5, 5.41) is 11.9. The largest absolute Gasteiger partial charge is 0.460 e. The van der Waals surface area contributed by atoms with Crippen LogP contribution in [-0.4, -0.2) is 70.1 Å². The molecule has 1 amide bonds. The molecule has 10 nitrogen and oxygen atoms in total. The number of halogens is 1. The van der Waals surface area contributed by atoms with Gasteiger partial charge >= 0.3 is 6.01 Å². The second kappa shape index (κ2) is 9.73. The minimum absolute atomic E-state index is 0.182. The van der Waals surface area contributed by atoms with Crippen LogP contribution in [0.2, 0.25) is 0 Å². The van der Waals surface area contributed by atoms with Crippen LogP contribution in [0.4, 0.5) is 15.8 Å². The number of hydrogen-bond donors (Lipinski definition) is 2. The topological polar surface area (TPSA) is 106 Å². The summed E-state index contributed by atoms with van der Waals surface area (Å²) in [4.78, 5) is 25.0. The van der Waals surface area contributed by atoms with Crippen molar-refractivity contribution in [3.8, 4) is 6.01 Å². The van der Waals surface area contributed by atoms with Gasteiger partial charge in [0.05, 0.1) is 11.1 Å². The Balaban J connectivity index is 1.37. The van der Waals surface area contributed by atoms with E-state index in [4.69, 9.17) is 9.47 Å². The minimum atomic E-state index is -0.504. The van der Waals surface area contributed by atoms with Crippen molar-refractivity contribution in [1.82, 2.24) is 25.1 Å². The first-order valence-corrected chi connectivity index (χ1v) is 13.2. The van der Waals surface area contributed by atoms with Crippen molar-refractivity contribution in [2.45, 2.75) is 44.4 Å². The predicted octanol–water partition coefficient (Wildman–Crippen LogP) is 3.65. The van der Waals surface area contributed by atoms with Crippen molar-refractivity contribution in [3.05, 3.63) is 48.0 Å². The zero-order chi connectivity index (χ0) is 27.3. The van der Waals surface area contributed by atoms with Gasteiger partial charge in [0.2, 0.25) is 0 Å². The number of rotatable bonds is 7. The SMILES string of the molecule is COC1(COc2ncc3c(N4C[C@@H](C)N[C@@H](C)C4)ccc(C(=O)Nc4cc(F)c5nn(C)cc5c4)c3n2)CC1. The molecule has 1 saturated heterocycles. The molecule has 1 saturated carbocycles. The van der Waals surface area contributed by atoms with Gasteiger partial charge in [0, 0.05) is 73.9 Å². The molecule has 0 spiro atoms. The van der Waals surface area contributed by atoms with Crippen LogP contribution in [0, 0.1) is 5.82 Å². The number of carbonyl (C=O) groups is 1. The van der Waals surface area contributed by atoms with Crippen LogP contribution >= 0.6 is 0 Å². The summed E-state index contributed by atoms with van der Waals surface area (Å²) in [6.45, 7) is 6.26. The Morgan fingerprint density at radius 2 is 1.97 bits per heavy atom. The number of piperazine rings is 1. The Labute approximate surface area is 225 Å². The monoisotopic (exact) mass is 533 g/mol. The first kappa shape index (κ1) is 25.4. The second-order valence-electron chi connectivity index (χ2n) is 10.7. The summed E-state index contributed by atoms with van der Waals surface area (Å²) < 4.78 is 27.7. The van der Waals surface area contributed by atoms with E-state index in [-0.39, 0.29) is 17.1 Å². The fraction of sp³-hybridized carbons (Fsp3) is 0.429. The summed E-state index contributed by atoms with van der Waals surface area (Å²) in [6, 6.07) is 7.46. The lowest BCUT2D eigenvalue weighted by molar-refractivity contribution is 0.0340. The molecule has 3 heterocycles. The Morgan fingerprint density at radius 1 is 1.21 bits per heavy atom. The van der Waals surface area contributed by atoms with Crippen molar-refractivity contribution in [2.24, 2.45) is 7.05 Å². The van der Waals surface area contributed by atoms with Crippen LogP contribution in [0.5, 0.6) is 6.01 Å². The highest BCUT2D eigenvalue weighted by molar-refractivity contribution is 6.14. The fourth-order valence-electron chi connectivity index (χ4n) is 5.37. The predicted molar refractivity (Wildman–Crippen MR) is 147 cm³/mol. The Bertz CT molecular complexity index is 1560. The number of aryl methyl sites for hydroxylation is 1. The van der Waals surface area contributed by atoms with Crippen LogP contribution in [0.1, 0.15) is 37.0 Å². The molecule has 2 N–H and O–H groups in total. The van der Waals surface area contributed by atoms with Gasteiger partial charge in [-0.1, -0.05) is 0 Å². The van der Waals surface area contributed by atoms with Gasteiger partial charge in [-0.25, -0.2) is 9.37 Å². The third-order valence-electron chi connectivity index (χ3n) is 7.49. The summed E-state index contributed by atoms with van der Waals surface area (Å²) in [5.74, 6) is -0.910. The first-order chi connectivity index (χ1) is 18.7. The Kier molecular flexibility index (Phi) is 6.35. The van der Waals surface area contributed by atoms with Gasteiger partial charge in [-0.15, -0.1) is 0 Å². The van der Waals surface area contributed by atoms with Crippen LogP contribution in [-0.2, 0) is 11.8 Å². The smallest absolute Gasteiger partial charge is 0.317 e. The van der Waals surface area contributed by atoms with Gasteiger partial charge in [0.15, 0.2) is 5.82 Å². The van der Waals surface area contributed by atoms with Gasteiger partial charge in [0.25, 0.3) is 5.91 Å². The summed E-state index contributed by atoms with van der Waals surface area (Å²) in [6.07, 6.45) is 5.27. The molecule has 204 valence electrons. The molecule has 11 heteroatoms. The third kappa shape index (κ3) is 4.99. The number of benzene rings is 2. The van der Waals surface area contributed by atoms with Crippen LogP contribution in [0.3, 0.4) is 0 Å². The van der Waals surface area contributed by atoms with Crippen LogP contribution in [0.25, 0.3) is 21.8 Å². The maximum absolute atomic E-state index is 14.7. The molecule has 1 aliphatic heterocycles. The van der Waals surface area contributed by atoms with E-state index in [1.165, 1.54) is 10.7 Å². The van der Waals surface area contributed by atoms with E-state index in [0.29, 0.717) is 40.8 Å². The van der Waals surface area contributed by atoms with Crippen molar-refractivity contribution in [2.75, 3.05) is 37.0 Å². The number of carbonyl (C=O) groups excluding carboxylic acids is 1. The quantitative estimate of drug-likeness (QED) is 0.371. The van der Waals surface area contributed by atoms with Gasteiger partial charge in [-0.05, 0) is 51.0 Å². The highest BCUT2D eigenvalue weighted by Crippen LogP contribution is 2.39. The van der Waals surface area contributed by atoms with E-state index in [0.717, 1.165) is 37.0 Å². The summed E-state index contributed by atoms with van der Waals surface area (Å²) in [7, 11) is 3.40. The molecule has 0 radical (unpaired) electrons. The fourth-order valence-corrected chi connectivity index (χ4v) is 5.37. The molecule has 2 aromatic carbocycles. The second-order valence-corrected chi connectivity index (χ2v) is 10.7. The number of anilines is 2. The van der Waals surface area contributed by atoms with Crippen LogP contribution in [0.15, 0.2) is 36.7 Å². The molecule has 6 rings (SSSR count). The average molecular weight is 534 g/mol. The number of ether oxygens (including phenoxy) is 2. The third-order valence-corrected chi connectivity index (χ3v) is 7.49. The molecule has 1 aliphatic carbocycles. The molecule has 4 aromatic rings. The number of nitrogens with one attached hydrogen (secondary N) is 2. The molecule has 2 aromatic heterocycles. The molecule has 0 unspecified atom stereocenters. The minimum Gasteiger partial charge on any atom is -0.460 e. The highest BCUT2D eigenvalue weighted by Gasteiger charge is 2.44. The Hall–Kier alpha value is -3.83. The highest BCUT2D eigenvalue weighted by atomic mass is 19.1. The molecular formula is C28H32FN7O3. The number of aromatic nitrogens is 4. The number of methoxy groups -OCH3 is 1. The van der Waals surface area contributed by atoms with Gasteiger partial charge in [-0.2, -0.15) is 10.1 Å². The van der Waals surface area contributed by atoms with E-state index in [9.17, 15) is 9.18 Å². The summed E-state index contributed by atoms with van der Waals surface area (Å²) >= 11 is 0. The maximum Gasteiger partial charge on any atom is 0.317 e. The molecular weight excluding hydrogens is 501 g/mol. The van der Waals surface area contributed by atoms with Crippen molar-refractivity contribution < 1.29 is 18.7 Å². The number of fused-ring (bicyclic) bond motifs is 2. The van der Waals surface area contributed by atoms with Gasteiger partial charge < -0.3 is 25.0 Å². The zero-order valence-corrected chi connectivity index (χ0v) is 22.5. The molecule has 39 heavy (non-hydrogen) atoms. The van der Waals surface area contributed by atoms with Gasteiger partial charge in [0.1, 0.15) is 17.7 Å². The van der Waals surface area contributed by atoms with Gasteiger partial charge in [-0.3, -0.25) is 9.48 Å². The van der Waals surface area contributed by atoms with E-state index in [1.54, 1.807) is 38.7 Å². The molecule has 2 atom stereocenters. The first-order valence-electron chi connectivity index (χ1n) is 13.2. The summed E-state index contributed by atoms with van der Waals surface area (Å²) in [5.41, 5.74) is 2.07. The number of nitrogens with zero attached hydrogens (tertiary/aromatic N) is 5. The maximum atomic E-state index is 14.7. The van der Waals surface area contributed by atoms with E-state index in [2.05, 4.69) is 44.4 Å². The normalized spacial score (nSPS) is 20.4. The molecule has 2 aliphatic rings. The lowest BCUT2D eigenvalue weighted by Gasteiger charge is -2.38. The van der Waals surface area contributed by atoms with E-state index >= 15 is 0 Å².